The Labute approximate surface area is 199 Å². The monoisotopic (exact) mass is 468 g/mol. The zero-order valence-corrected chi connectivity index (χ0v) is 19.6. The van der Waals surface area contributed by atoms with E-state index in [0.717, 1.165) is 50.0 Å². The van der Waals surface area contributed by atoms with E-state index in [9.17, 15) is 14.7 Å². The summed E-state index contributed by atoms with van der Waals surface area (Å²) in [5.74, 6) is 0.357. The Morgan fingerprint density at radius 1 is 1.03 bits per heavy atom. The molecule has 0 bridgehead atoms. The number of anilines is 2. The Balaban J connectivity index is 1.43. The van der Waals surface area contributed by atoms with Crippen LogP contribution in [-0.4, -0.2) is 65.9 Å². The van der Waals surface area contributed by atoms with Crippen LogP contribution in [0.15, 0.2) is 30.6 Å². The standard InChI is InChI=1S/C25H32N4O5/c1-17-15-27(25(31)32)23-13-19(20-14-26-28(16-20)21-6-10-34-11-7-21)2-3-22(23)29(17)24(30)12-18-4-8-33-9-5-18/h2-3,13-14,16-18,21H,4-12,15H2,1H3,(H,31,32)/t17-/m0/s1. The molecular formula is C25H32N4O5. The molecule has 1 aromatic carbocycles. The molecule has 1 N–H and O–H groups in total. The molecule has 9 heteroatoms. The number of carboxylic acid groups (broad SMARTS) is 1. The Bertz CT molecular complexity index is 1040. The average Bonchev–Trinajstić information content (AvgIpc) is 3.35. The molecule has 1 aromatic heterocycles. The molecule has 2 saturated heterocycles. The lowest BCUT2D eigenvalue weighted by Gasteiger charge is -2.40. The molecule has 2 aromatic rings. The largest absolute Gasteiger partial charge is 0.465 e. The van der Waals surface area contributed by atoms with Gasteiger partial charge in [0.05, 0.1) is 29.7 Å². The number of amides is 2. The summed E-state index contributed by atoms with van der Waals surface area (Å²) in [4.78, 5) is 28.6. The second kappa shape index (κ2) is 9.76. The minimum absolute atomic E-state index is 0.0470. The van der Waals surface area contributed by atoms with Crippen LogP contribution in [0.4, 0.5) is 16.2 Å². The van der Waals surface area contributed by atoms with Gasteiger partial charge in [-0.25, -0.2) is 4.79 Å². The molecule has 3 aliphatic rings. The highest BCUT2D eigenvalue weighted by molar-refractivity contribution is 6.03. The minimum Gasteiger partial charge on any atom is -0.465 e. The van der Waals surface area contributed by atoms with E-state index in [2.05, 4.69) is 5.10 Å². The van der Waals surface area contributed by atoms with Crippen molar-refractivity contribution < 1.29 is 24.2 Å². The number of aromatic nitrogens is 2. The number of rotatable bonds is 4. The van der Waals surface area contributed by atoms with Crippen LogP contribution in [0, 0.1) is 5.92 Å². The number of carbonyl (C=O) groups is 2. The first-order valence-electron chi connectivity index (χ1n) is 12.2. The smallest absolute Gasteiger partial charge is 0.411 e. The van der Waals surface area contributed by atoms with Gasteiger partial charge in [0.15, 0.2) is 0 Å². The van der Waals surface area contributed by atoms with Crippen LogP contribution in [-0.2, 0) is 14.3 Å². The summed E-state index contributed by atoms with van der Waals surface area (Å²) in [5, 5.41) is 14.5. The molecule has 0 saturated carbocycles. The molecule has 0 spiro atoms. The Kier molecular flexibility index (Phi) is 6.56. The van der Waals surface area contributed by atoms with Crippen molar-refractivity contribution in [3.8, 4) is 11.1 Å². The summed E-state index contributed by atoms with van der Waals surface area (Å²) in [6.45, 7) is 5.02. The Morgan fingerprint density at radius 3 is 2.44 bits per heavy atom. The van der Waals surface area contributed by atoms with Crippen LogP contribution >= 0.6 is 0 Å². The first-order valence-corrected chi connectivity index (χ1v) is 12.2. The summed E-state index contributed by atoms with van der Waals surface area (Å²) in [6.07, 6.45) is 6.92. The van der Waals surface area contributed by atoms with E-state index in [0.29, 0.717) is 43.0 Å². The summed E-state index contributed by atoms with van der Waals surface area (Å²) >= 11 is 0. The van der Waals surface area contributed by atoms with Gasteiger partial charge in [0.2, 0.25) is 5.91 Å². The lowest BCUT2D eigenvalue weighted by molar-refractivity contribution is -0.120. The maximum Gasteiger partial charge on any atom is 0.411 e. The highest BCUT2D eigenvalue weighted by atomic mass is 16.5. The number of benzene rings is 1. The molecule has 3 aliphatic heterocycles. The second-order valence-corrected chi connectivity index (χ2v) is 9.52. The third-order valence-electron chi connectivity index (χ3n) is 7.22. The van der Waals surface area contributed by atoms with Gasteiger partial charge in [0, 0.05) is 51.2 Å². The third-order valence-corrected chi connectivity index (χ3v) is 7.22. The van der Waals surface area contributed by atoms with Gasteiger partial charge >= 0.3 is 6.09 Å². The van der Waals surface area contributed by atoms with Crippen LogP contribution in [0.1, 0.15) is 45.1 Å². The van der Waals surface area contributed by atoms with Crippen LogP contribution < -0.4 is 9.80 Å². The van der Waals surface area contributed by atoms with E-state index in [1.165, 1.54) is 4.90 Å². The van der Waals surface area contributed by atoms with Crippen LogP contribution in [0.25, 0.3) is 11.1 Å². The van der Waals surface area contributed by atoms with Gasteiger partial charge < -0.3 is 19.5 Å². The molecule has 182 valence electrons. The highest BCUT2D eigenvalue weighted by Crippen LogP contribution is 2.40. The second-order valence-electron chi connectivity index (χ2n) is 9.52. The van der Waals surface area contributed by atoms with E-state index in [4.69, 9.17) is 9.47 Å². The molecule has 2 amide bonds. The van der Waals surface area contributed by atoms with Gasteiger partial charge in [-0.2, -0.15) is 5.10 Å². The molecule has 2 fully saturated rings. The van der Waals surface area contributed by atoms with Crippen molar-refractivity contribution in [1.29, 1.82) is 0 Å². The molecule has 0 radical (unpaired) electrons. The Morgan fingerprint density at radius 2 is 1.74 bits per heavy atom. The number of hydrogen-bond acceptors (Lipinski definition) is 5. The first-order chi connectivity index (χ1) is 16.5. The third kappa shape index (κ3) is 4.54. The molecule has 1 atom stereocenters. The van der Waals surface area contributed by atoms with Crippen LogP contribution in [0.5, 0.6) is 0 Å². The van der Waals surface area contributed by atoms with Crippen molar-refractivity contribution in [3.63, 3.8) is 0 Å². The molecular weight excluding hydrogens is 436 g/mol. The summed E-state index contributed by atoms with van der Waals surface area (Å²) in [5.41, 5.74) is 3.01. The molecule has 0 aliphatic carbocycles. The van der Waals surface area contributed by atoms with Crippen molar-refractivity contribution >= 4 is 23.4 Å². The lowest BCUT2D eigenvalue weighted by Crippen LogP contribution is -2.52. The van der Waals surface area contributed by atoms with Gasteiger partial charge in [0.1, 0.15) is 0 Å². The molecule has 0 unspecified atom stereocenters. The lowest BCUT2D eigenvalue weighted by atomic mass is 9.94. The normalized spacial score (nSPS) is 22.0. The first kappa shape index (κ1) is 22.9. The predicted octanol–water partition coefficient (Wildman–Crippen LogP) is 3.94. The zero-order chi connectivity index (χ0) is 23.7. The quantitative estimate of drug-likeness (QED) is 0.730. The number of nitrogens with zero attached hydrogens (tertiary/aromatic N) is 4. The van der Waals surface area contributed by atoms with Crippen LogP contribution in [0.2, 0.25) is 0 Å². The van der Waals surface area contributed by atoms with E-state index >= 15 is 0 Å². The number of hydrogen-bond donors (Lipinski definition) is 1. The summed E-state index contributed by atoms with van der Waals surface area (Å²) < 4.78 is 12.9. The average molecular weight is 469 g/mol. The van der Waals surface area contributed by atoms with E-state index in [1.54, 1.807) is 4.90 Å². The van der Waals surface area contributed by atoms with Crippen molar-refractivity contribution in [2.24, 2.45) is 5.92 Å². The topological polar surface area (TPSA) is 97.1 Å². The van der Waals surface area contributed by atoms with Crippen molar-refractivity contribution in [2.45, 2.75) is 51.1 Å². The van der Waals surface area contributed by atoms with Crippen molar-refractivity contribution in [3.05, 3.63) is 30.6 Å². The number of fused-ring (bicyclic) bond motifs is 1. The zero-order valence-electron chi connectivity index (χ0n) is 19.6. The van der Waals surface area contributed by atoms with Crippen molar-refractivity contribution in [1.82, 2.24) is 9.78 Å². The van der Waals surface area contributed by atoms with Crippen LogP contribution in [0.3, 0.4) is 0 Å². The predicted molar refractivity (Wildman–Crippen MR) is 127 cm³/mol. The maximum atomic E-state index is 13.3. The van der Waals surface area contributed by atoms with Gasteiger partial charge in [-0.1, -0.05) is 6.07 Å². The summed E-state index contributed by atoms with van der Waals surface area (Å²) in [7, 11) is 0. The minimum atomic E-state index is -1.01. The van der Waals surface area contributed by atoms with Crippen molar-refractivity contribution in [2.75, 3.05) is 42.8 Å². The Hall–Kier alpha value is -2.91. The van der Waals surface area contributed by atoms with E-state index < -0.39 is 6.09 Å². The molecule has 9 nitrogen and oxygen atoms in total. The highest BCUT2D eigenvalue weighted by Gasteiger charge is 2.36. The fourth-order valence-electron chi connectivity index (χ4n) is 5.30. The van der Waals surface area contributed by atoms with Gasteiger partial charge in [-0.15, -0.1) is 0 Å². The molecule has 5 rings (SSSR count). The van der Waals surface area contributed by atoms with Gasteiger partial charge in [-0.05, 0) is 56.2 Å². The van der Waals surface area contributed by atoms with E-state index in [-0.39, 0.29) is 18.5 Å². The summed E-state index contributed by atoms with van der Waals surface area (Å²) in [6, 6.07) is 5.78. The fraction of sp³-hybridized carbons (Fsp3) is 0.560. The fourth-order valence-corrected chi connectivity index (χ4v) is 5.30. The van der Waals surface area contributed by atoms with E-state index in [1.807, 2.05) is 42.2 Å². The number of ether oxygens (including phenoxy) is 2. The molecule has 34 heavy (non-hydrogen) atoms. The SMILES string of the molecule is C[C@H]1CN(C(=O)O)c2cc(-c3cnn(C4CCOCC4)c3)ccc2N1C(=O)CC1CCOCC1. The maximum absolute atomic E-state index is 13.3. The molecule has 4 heterocycles. The van der Waals surface area contributed by atoms with Gasteiger partial charge in [0.25, 0.3) is 0 Å². The number of carbonyl (C=O) groups excluding carboxylic acids is 1. The van der Waals surface area contributed by atoms with Gasteiger partial charge in [-0.3, -0.25) is 14.4 Å².